The standard InChI is InChI=1S/C17H18ClFN2/c18-14-5-8-16(19)13(9-14)11-21(15-6-7-15)10-12-3-1-2-4-17(12)20/h1-5,8-9,15H,6-7,10-11,20H2. The highest BCUT2D eigenvalue weighted by molar-refractivity contribution is 6.30. The molecule has 0 heterocycles. The highest BCUT2D eigenvalue weighted by Gasteiger charge is 2.29. The number of nitrogen functional groups attached to an aromatic ring is 1. The number of benzene rings is 2. The molecule has 2 N–H and O–H groups in total. The highest BCUT2D eigenvalue weighted by Crippen LogP contribution is 2.31. The Balaban J connectivity index is 1.79. The van der Waals surface area contributed by atoms with E-state index in [0.29, 0.717) is 23.2 Å². The summed E-state index contributed by atoms with van der Waals surface area (Å²) >= 11 is 5.98. The normalized spacial score (nSPS) is 14.6. The predicted octanol–water partition coefficient (Wildman–Crippen LogP) is 4.23. The van der Waals surface area contributed by atoms with Crippen LogP contribution < -0.4 is 5.73 Å². The van der Waals surface area contributed by atoms with Gasteiger partial charge in [-0.1, -0.05) is 29.8 Å². The second kappa shape index (κ2) is 6.04. The molecule has 2 aromatic carbocycles. The lowest BCUT2D eigenvalue weighted by molar-refractivity contribution is 0.243. The molecule has 0 bridgehead atoms. The lowest BCUT2D eigenvalue weighted by Gasteiger charge is -2.23. The van der Waals surface area contributed by atoms with E-state index in [-0.39, 0.29) is 5.82 Å². The van der Waals surface area contributed by atoms with Crippen LogP contribution in [0.1, 0.15) is 24.0 Å². The van der Waals surface area contributed by atoms with Crippen LogP contribution in [0.25, 0.3) is 0 Å². The number of halogens is 2. The molecule has 0 spiro atoms. The number of nitrogens with zero attached hydrogens (tertiary/aromatic N) is 1. The second-order valence-electron chi connectivity index (χ2n) is 5.57. The minimum absolute atomic E-state index is 0.203. The van der Waals surface area contributed by atoms with Crippen molar-refractivity contribution in [3.63, 3.8) is 0 Å². The molecule has 1 saturated carbocycles. The Morgan fingerprint density at radius 1 is 1.10 bits per heavy atom. The summed E-state index contributed by atoms with van der Waals surface area (Å²) in [7, 11) is 0. The van der Waals surface area contributed by atoms with Gasteiger partial charge in [0, 0.05) is 35.4 Å². The molecular weight excluding hydrogens is 287 g/mol. The van der Waals surface area contributed by atoms with Crippen LogP contribution in [-0.4, -0.2) is 10.9 Å². The van der Waals surface area contributed by atoms with Crippen LogP contribution in [-0.2, 0) is 13.1 Å². The molecule has 0 amide bonds. The molecule has 0 radical (unpaired) electrons. The lowest BCUT2D eigenvalue weighted by atomic mass is 10.1. The minimum atomic E-state index is -0.203. The molecular formula is C17H18ClFN2. The van der Waals surface area contributed by atoms with Gasteiger partial charge in [0.15, 0.2) is 0 Å². The summed E-state index contributed by atoms with van der Waals surface area (Å²) in [6.07, 6.45) is 2.32. The molecule has 1 aliphatic carbocycles. The quantitative estimate of drug-likeness (QED) is 0.838. The average molecular weight is 305 g/mol. The van der Waals surface area contributed by atoms with Crippen molar-refractivity contribution < 1.29 is 4.39 Å². The van der Waals surface area contributed by atoms with E-state index < -0.39 is 0 Å². The van der Waals surface area contributed by atoms with Crippen LogP contribution in [0.15, 0.2) is 42.5 Å². The van der Waals surface area contributed by atoms with Crippen LogP contribution in [0.4, 0.5) is 10.1 Å². The van der Waals surface area contributed by atoms with Crippen LogP contribution >= 0.6 is 11.6 Å². The molecule has 4 heteroatoms. The predicted molar refractivity (Wildman–Crippen MR) is 84.5 cm³/mol. The third-order valence-corrected chi connectivity index (χ3v) is 4.11. The van der Waals surface area contributed by atoms with Gasteiger partial charge in [0.1, 0.15) is 5.82 Å². The molecule has 0 atom stereocenters. The Hall–Kier alpha value is -1.58. The van der Waals surface area contributed by atoms with Gasteiger partial charge in [-0.25, -0.2) is 4.39 Å². The van der Waals surface area contributed by atoms with E-state index in [1.165, 1.54) is 6.07 Å². The fourth-order valence-corrected chi connectivity index (χ4v) is 2.73. The zero-order valence-corrected chi connectivity index (χ0v) is 12.5. The van der Waals surface area contributed by atoms with E-state index in [1.54, 1.807) is 12.1 Å². The van der Waals surface area contributed by atoms with Crippen LogP contribution in [0.2, 0.25) is 5.02 Å². The Morgan fingerprint density at radius 2 is 1.81 bits per heavy atom. The molecule has 0 saturated heterocycles. The van der Waals surface area contributed by atoms with Crippen molar-refractivity contribution in [2.45, 2.75) is 32.0 Å². The van der Waals surface area contributed by atoms with Crippen LogP contribution in [0.3, 0.4) is 0 Å². The van der Waals surface area contributed by atoms with Gasteiger partial charge in [-0.15, -0.1) is 0 Å². The molecule has 2 nitrogen and oxygen atoms in total. The highest BCUT2D eigenvalue weighted by atomic mass is 35.5. The van der Waals surface area contributed by atoms with Crippen molar-refractivity contribution in [3.05, 3.63) is 64.4 Å². The molecule has 2 aromatic rings. The first-order chi connectivity index (χ1) is 10.1. The molecule has 110 valence electrons. The van der Waals surface area contributed by atoms with Crippen molar-refractivity contribution in [1.82, 2.24) is 4.90 Å². The van der Waals surface area contributed by atoms with E-state index in [9.17, 15) is 4.39 Å². The zero-order valence-electron chi connectivity index (χ0n) is 11.7. The SMILES string of the molecule is Nc1ccccc1CN(Cc1cc(Cl)ccc1F)C1CC1. The summed E-state index contributed by atoms with van der Waals surface area (Å²) in [5.74, 6) is -0.203. The van der Waals surface area contributed by atoms with Crippen molar-refractivity contribution in [3.8, 4) is 0 Å². The summed E-state index contributed by atoms with van der Waals surface area (Å²) in [4.78, 5) is 2.28. The van der Waals surface area contributed by atoms with Crippen molar-refractivity contribution in [1.29, 1.82) is 0 Å². The molecule has 0 unspecified atom stereocenters. The molecule has 1 fully saturated rings. The Labute approximate surface area is 129 Å². The first-order valence-electron chi connectivity index (χ1n) is 7.15. The largest absolute Gasteiger partial charge is 0.398 e. The third kappa shape index (κ3) is 3.55. The van der Waals surface area contributed by atoms with Gasteiger partial charge >= 0.3 is 0 Å². The maximum absolute atomic E-state index is 13.9. The fraction of sp³-hybridized carbons (Fsp3) is 0.294. The molecule has 0 aliphatic heterocycles. The number of para-hydroxylation sites is 1. The van der Waals surface area contributed by atoms with Crippen molar-refractivity contribution in [2.24, 2.45) is 0 Å². The summed E-state index contributed by atoms with van der Waals surface area (Å²) in [6.45, 7) is 1.30. The molecule has 1 aliphatic rings. The first-order valence-corrected chi connectivity index (χ1v) is 7.52. The molecule has 21 heavy (non-hydrogen) atoms. The van der Waals surface area contributed by atoms with E-state index >= 15 is 0 Å². The summed E-state index contributed by atoms with van der Waals surface area (Å²) in [6, 6.07) is 13.1. The van der Waals surface area contributed by atoms with Gasteiger partial charge in [0.05, 0.1) is 0 Å². The van der Waals surface area contributed by atoms with E-state index in [4.69, 9.17) is 17.3 Å². The number of hydrogen-bond acceptors (Lipinski definition) is 2. The minimum Gasteiger partial charge on any atom is -0.398 e. The molecule has 3 rings (SSSR count). The van der Waals surface area contributed by atoms with E-state index in [0.717, 1.165) is 30.6 Å². The maximum Gasteiger partial charge on any atom is 0.127 e. The maximum atomic E-state index is 13.9. The average Bonchev–Trinajstić information content (AvgIpc) is 3.29. The van der Waals surface area contributed by atoms with Gasteiger partial charge in [0.2, 0.25) is 0 Å². The lowest BCUT2D eigenvalue weighted by Crippen LogP contribution is -2.26. The second-order valence-corrected chi connectivity index (χ2v) is 6.01. The topological polar surface area (TPSA) is 29.3 Å². The van der Waals surface area contributed by atoms with E-state index in [2.05, 4.69) is 4.90 Å². The summed E-state index contributed by atoms with van der Waals surface area (Å²) in [5, 5.41) is 0.571. The van der Waals surface area contributed by atoms with Gasteiger partial charge in [0.25, 0.3) is 0 Å². The fourth-order valence-electron chi connectivity index (χ4n) is 2.53. The third-order valence-electron chi connectivity index (χ3n) is 3.87. The number of rotatable bonds is 5. The Bertz CT molecular complexity index is 640. The van der Waals surface area contributed by atoms with Crippen LogP contribution in [0, 0.1) is 5.82 Å². The number of nitrogens with two attached hydrogens (primary N) is 1. The van der Waals surface area contributed by atoms with Crippen molar-refractivity contribution in [2.75, 3.05) is 5.73 Å². The summed E-state index contributed by atoms with van der Waals surface area (Å²) in [5.41, 5.74) is 8.53. The smallest absolute Gasteiger partial charge is 0.127 e. The van der Waals surface area contributed by atoms with Gasteiger partial charge in [-0.05, 0) is 42.7 Å². The monoisotopic (exact) mass is 304 g/mol. The Morgan fingerprint density at radius 3 is 2.52 bits per heavy atom. The van der Waals surface area contributed by atoms with Gasteiger partial charge < -0.3 is 5.73 Å². The zero-order chi connectivity index (χ0) is 14.8. The van der Waals surface area contributed by atoms with E-state index in [1.807, 2.05) is 24.3 Å². The summed E-state index contributed by atoms with van der Waals surface area (Å²) < 4.78 is 13.9. The van der Waals surface area contributed by atoms with Gasteiger partial charge in [-0.2, -0.15) is 0 Å². The number of hydrogen-bond donors (Lipinski definition) is 1. The Kier molecular flexibility index (Phi) is 4.13. The van der Waals surface area contributed by atoms with Crippen molar-refractivity contribution >= 4 is 17.3 Å². The first kappa shape index (κ1) is 14.4. The van der Waals surface area contributed by atoms with Crippen LogP contribution in [0.5, 0.6) is 0 Å². The van der Waals surface area contributed by atoms with Gasteiger partial charge in [-0.3, -0.25) is 4.90 Å². The molecule has 0 aromatic heterocycles. The number of anilines is 1.